The van der Waals surface area contributed by atoms with Gasteiger partial charge in [0.1, 0.15) is 7.85 Å². The summed E-state index contributed by atoms with van der Waals surface area (Å²) in [6.07, 6.45) is 0. The zero-order chi connectivity index (χ0) is 7.84. The smallest absolute Gasteiger partial charge is 0.141 e. The van der Waals surface area contributed by atoms with Gasteiger partial charge in [-0.1, -0.05) is 29.2 Å². The van der Waals surface area contributed by atoms with Gasteiger partial charge >= 0.3 is 0 Å². The van der Waals surface area contributed by atoms with Crippen LogP contribution in [0.3, 0.4) is 0 Å². The van der Waals surface area contributed by atoms with E-state index < -0.39 is 0 Å². The lowest BCUT2D eigenvalue weighted by atomic mass is 9.96. The van der Waals surface area contributed by atoms with Crippen LogP contribution in [0.1, 0.15) is 0 Å². The van der Waals surface area contributed by atoms with Crippen molar-refractivity contribution in [2.24, 2.45) is 0 Å². The Bertz CT molecular complexity index is 394. The van der Waals surface area contributed by atoms with Crippen LogP contribution in [0.15, 0.2) is 23.6 Å². The fourth-order valence-electron chi connectivity index (χ4n) is 1.15. The van der Waals surface area contributed by atoms with Crippen LogP contribution < -0.4 is 5.46 Å². The maximum atomic E-state index is 5.98. The van der Waals surface area contributed by atoms with E-state index in [-0.39, 0.29) is 0 Å². The molecule has 0 aliphatic carbocycles. The van der Waals surface area contributed by atoms with Crippen LogP contribution in [0.5, 0.6) is 0 Å². The SMILES string of the molecule is Bc1csc2c(Cl)cccc12. The van der Waals surface area contributed by atoms with E-state index in [1.54, 1.807) is 11.3 Å². The standard InChI is InChI=1S/C8H6BClS/c9-6-4-11-8-5(6)2-1-3-7(8)10/h1-4H,9H2. The predicted molar refractivity (Wildman–Crippen MR) is 55.0 cm³/mol. The monoisotopic (exact) mass is 180 g/mol. The molecule has 1 heterocycles. The van der Waals surface area contributed by atoms with Crippen molar-refractivity contribution in [2.45, 2.75) is 0 Å². The number of hydrogen-bond acceptors (Lipinski definition) is 1. The van der Waals surface area contributed by atoms with Gasteiger partial charge < -0.3 is 0 Å². The van der Waals surface area contributed by atoms with E-state index in [0.717, 1.165) is 5.02 Å². The minimum atomic E-state index is 0.862. The summed E-state index contributed by atoms with van der Waals surface area (Å²) in [6.45, 7) is 0. The van der Waals surface area contributed by atoms with Crippen molar-refractivity contribution < 1.29 is 0 Å². The van der Waals surface area contributed by atoms with E-state index in [9.17, 15) is 0 Å². The van der Waals surface area contributed by atoms with Gasteiger partial charge in [-0.2, -0.15) is 0 Å². The summed E-state index contributed by atoms with van der Waals surface area (Å²) >= 11 is 7.69. The van der Waals surface area contributed by atoms with Gasteiger partial charge in [0.05, 0.1) is 9.72 Å². The number of hydrogen-bond donors (Lipinski definition) is 0. The first-order valence-corrected chi connectivity index (χ1v) is 4.67. The highest BCUT2D eigenvalue weighted by molar-refractivity contribution is 7.19. The highest BCUT2D eigenvalue weighted by Crippen LogP contribution is 2.26. The molecule has 54 valence electrons. The summed E-state index contributed by atoms with van der Waals surface area (Å²) in [4.78, 5) is 0. The second-order valence-corrected chi connectivity index (χ2v) is 3.82. The summed E-state index contributed by atoms with van der Waals surface area (Å²) in [6, 6.07) is 6.03. The van der Waals surface area contributed by atoms with Crippen molar-refractivity contribution in [2.75, 3.05) is 0 Å². The van der Waals surface area contributed by atoms with Gasteiger partial charge in [0, 0.05) is 0 Å². The topological polar surface area (TPSA) is 0 Å². The van der Waals surface area contributed by atoms with E-state index in [2.05, 4.69) is 19.3 Å². The first-order valence-electron chi connectivity index (χ1n) is 3.41. The molecular formula is C8H6BClS. The molecule has 0 saturated heterocycles. The maximum absolute atomic E-state index is 5.98. The summed E-state index contributed by atoms with van der Waals surface area (Å²) < 4.78 is 1.20. The van der Waals surface area contributed by atoms with Crippen molar-refractivity contribution in [1.29, 1.82) is 0 Å². The molecule has 0 aliphatic heterocycles. The Kier molecular flexibility index (Phi) is 1.66. The van der Waals surface area contributed by atoms with E-state index >= 15 is 0 Å². The summed E-state index contributed by atoms with van der Waals surface area (Å²) in [5.74, 6) is 0. The predicted octanol–water partition coefficient (Wildman–Crippen LogP) is 1.81. The molecular weight excluding hydrogens is 174 g/mol. The molecule has 0 fully saturated rings. The molecule has 0 radical (unpaired) electrons. The van der Waals surface area contributed by atoms with Crippen LogP contribution in [0, 0.1) is 0 Å². The molecule has 2 aromatic rings. The molecule has 0 aliphatic rings. The average molecular weight is 180 g/mol. The molecule has 0 amide bonds. The lowest BCUT2D eigenvalue weighted by Gasteiger charge is -1.92. The second-order valence-electron chi connectivity index (χ2n) is 2.54. The Morgan fingerprint density at radius 2 is 2.18 bits per heavy atom. The zero-order valence-electron chi connectivity index (χ0n) is 6.10. The van der Waals surface area contributed by atoms with E-state index in [0.29, 0.717) is 0 Å². The third kappa shape index (κ3) is 1.07. The minimum absolute atomic E-state index is 0.862. The van der Waals surface area contributed by atoms with E-state index in [1.165, 1.54) is 15.5 Å². The largest absolute Gasteiger partial charge is 0.143 e. The molecule has 3 heteroatoms. The maximum Gasteiger partial charge on any atom is 0.141 e. The number of halogens is 1. The quantitative estimate of drug-likeness (QED) is 0.543. The first kappa shape index (κ1) is 7.20. The molecule has 0 spiro atoms. The van der Waals surface area contributed by atoms with Gasteiger partial charge in [0.15, 0.2) is 0 Å². The molecule has 0 bridgehead atoms. The second kappa shape index (κ2) is 2.54. The van der Waals surface area contributed by atoms with Crippen molar-refractivity contribution in [1.82, 2.24) is 0 Å². The van der Waals surface area contributed by atoms with Crippen LogP contribution in [-0.4, -0.2) is 7.85 Å². The highest BCUT2D eigenvalue weighted by atomic mass is 35.5. The normalized spacial score (nSPS) is 10.6. The number of benzene rings is 1. The molecule has 0 saturated carbocycles. The van der Waals surface area contributed by atoms with Gasteiger partial charge in [0.2, 0.25) is 0 Å². The third-order valence-corrected chi connectivity index (χ3v) is 3.32. The molecule has 1 aromatic heterocycles. The lowest BCUT2D eigenvalue weighted by Crippen LogP contribution is -1.96. The summed E-state index contributed by atoms with van der Waals surface area (Å²) in [5, 5.41) is 4.28. The van der Waals surface area contributed by atoms with E-state index in [4.69, 9.17) is 11.6 Å². The highest BCUT2D eigenvalue weighted by Gasteiger charge is 2.01. The van der Waals surface area contributed by atoms with Crippen LogP contribution in [0.4, 0.5) is 0 Å². The van der Waals surface area contributed by atoms with Crippen molar-refractivity contribution in [3.8, 4) is 0 Å². The number of rotatable bonds is 0. The van der Waals surface area contributed by atoms with Gasteiger partial charge in [0.25, 0.3) is 0 Å². The van der Waals surface area contributed by atoms with Crippen molar-refractivity contribution in [3.05, 3.63) is 28.6 Å². The molecule has 0 atom stereocenters. The number of fused-ring (bicyclic) bond motifs is 1. The van der Waals surface area contributed by atoms with E-state index in [1.807, 2.05) is 12.1 Å². The van der Waals surface area contributed by atoms with Crippen LogP contribution >= 0.6 is 22.9 Å². The lowest BCUT2D eigenvalue weighted by molar-refractivity contribution is 1.86. The Labute approximate surface area is 75.2 Å². The number of thiophene rings is 1. The van der Waals surface area contributed by atoms with Crippen LogP contribution in [0.25, 0.3) is 10.1 Å². The zero-order valence-corrected chi connectivity index (χ0v) is 7.67. The van der Waals surface area contributed by atoms with Crippen LogP contribution in [0.2, 0.25) is 5.02 Å². The molecule has 0 nitrogen and oxygen atoms in total. The Balaban J connectivity index is 2.94. The molecule has 2 rings (SSSR count). The summed E-state index contributed by atoms with van der Waals surface area (Å²) in [5.41, 5.74) is 1.31. The summed E-state index contributed by atoms with van der Waals surface area (Å²) in [7, 11) is 2.11. The van der Waals surface area contributed by atoms with Gasteiger partial charge in [-0.15, -0.1) is 11.3 Å². The van der Waals surface area contributed by atoms with Gasteiger partial charge in [-0.25, -0.2) is 0 Å². The van der Waals surface area contributed by atoms with Crippen LogP contribution in [-0.2, 0) is 0 Å². The van der Waals surface area contributed by atoms with Crippen molar-refractivity contribution in [3.63, 3.8) is 0 Å². The van der Waals surface area contributed by atoms with Gasteiger partial charge in [-0.3, -0.25) is 0 Å². The average Bonchev–Trinajstić information content (AvgIpc) is 2.35. The molecule has 0 unspecified atom stereocenters. The van der Waals surface area contributed by atoms with Gasteiger partial charge in [-0.05, 0) is 16.8 Å². The first-order chi connectivity index (χ1) is 5.29. The fourth-order valence-corrected chi connectivity index (χ4v) is 2.42. The molecule has 11 heavy (non-hydrogen) atoms. The Morgan fingerprint density at radius 3 is 2.91 bits per heavy atom. The Hall–Kier alpha value is -0.465. The third-order valence-electron chi connectivity index (χ3n) is 1.75. The fraction of sp³-hybridized carbons (Fsp3) is 0. The molecule has 1 aromatic carbocycles. The Morgan fingerprint density at radius 1 is 1.36 bits per heavy atom. The van der Waals surface area contributed by atoms with Crippen molar-refractivity contribution >= 4 is 46.3 Å². The minimum Gasteiger partial charge on any atom is -0.143 e. The molecule has 0 N–H and O–H groups in total.